The molecule has 0 unspecified atom stereocenters. The van der Waals surface area contributed by atoms with Crippen LogP contribution in [-0.2, 0) is 4.74 Å². The van der Waals surface area contributed by atoms with Crippen molar-refractivity contribution in [3.8, 4) is 0 Å². The Labute approximate surface area is 98.2 Å². The number of hydrogen-bond donors (Lipinski definition) is 0. The van der Waals surface area contributed by atoms with Gasteiger partial charge in [0.2, 0.25) is 0 Å². The third-order valence-corrected chi connectivity index (χ3v) is 3.22. The van der Waals surface area contributed by atoms with E-state index in [1.54, 1.807) is 0 Å². The molecule has 1 aliphatic rings. The molecule has 3 rings (SSSR count). The molecule has 1 fully saturated rings. The number of nitrogens with zero attached hydrogens (tertiary/aromatic N) is 3. The van der Waals surface area contributed by atoms with Gasteiger partial charge in [-0.25, -0.2) is 0 Å². The second kappa shape index (κ2) is 4.03. The Morgan fingerprint density at radius 1 is 1.31 bits per heavy atom. The first-order valence-corrected chi connectivity index (χ1v) is 5.80. The number of fused-ring (bicyclic) bond motifs is 1. The van der Waals surface area contributed by atoms with E-state index in [0.717, 1.165) is 37.5 Å². The first-order chi connectivity index (χ1) is 7.84. The topological polar surface area (TPSA) is 39.4 Å². The lowest BCUT2D eigenvalue weighted by molar-refractivity contribution is 0.0834. The van der Waals surface area contributed by atoms with E-state index in [2.05, 4.69) is 10.2 Å². The number of aromatic nitrogens is 3. The Bertz CT molecular complexity index is 505. The highest BCUT2D eigenvalue weighted by atomic mass is 35.5. The van der Waals surface area contributed by atoms with Crippen LogP contribution >= 0.6 is 11.6 Å². The van der Waals surface area contributed by atoms with Gasteiger partial charge in [0.05, 0.1) is 0 Å². The van der Waals surface area contributed by atoms with E-state index in [4.69, 9.17) is 16.3 Å². The van der Waals surface area contributed by atoms with Crippen LogP contribution in [0.5, 0.6) is 0 Å². The van der Waals surface area contributed by atoms with E-state index in [9.17, 15) is 0 Å². The lowest BCUT2D eigenvalue weighted by Gasteiger charge is -2.20. The predicted molar refractivity (Wildman–Crippen MR) is 60.8 cm³/mol. The van der Waals surface area contributed by atoms with Gasteiger partial charge in [0.25, 0.3) is 0 Å². The molecule has 0 atom stereocenters. The maximum Gasteiger partial charge on any atom is 0.162 e. The highest BCUT2D eigenvalue weighted by molar-refractivity contribution is 6.30. The second-order valence-corrected chi connectivity index (χ2v) is 4.45. The molecule has 3 heterocycles. The number of ether oxygens (including phenoxy) is 1. The molecule has 0 saturated carbocycles. The Morgan fingerprint density at radius 3 is 2.94 bits per heavy atom. The summed E-state index contributed by atoms with van der Waals surface area (Å²) in [6, 6.07) is 3.69. The molecule has 0 N–H and O–H groups in total. The molecule has 0 aliphatic carbocycles. The van der Waals surface area contributed by atoms with E-state index < -0.39 is 0 Å². The zero-order valence-corrected chi connectivity index (χ0v) is 9.52. The van der Waals surface area contributed by atoms with E-state index in [1.165, 1.54) is 0 Å². The van der Waals surface area contributed by atoms with Crippen LogP contribution in [0, 0.1) is 0 Å². The molecule has 4 nitrogen and oxygen atoms in total. The minimum atomic E-state index is 0.449. The lowest BCUT2D eigenvalue weighted by Crippen LogP contribution is -2.16. The summed E-state index contributed by atoms with van der Waals surface area (Å²) in [5, 5.41) is 9.09. The van der Waals surface area contributed by atoms with Crippen LogP contribution in [0.2, 0.25) is 5.02 Å². The molecule has 5 heteroatoms. The van der Waals surface area contributed by atoms with Crippen molar-refractivity contribution in [1.82, 2.24) is 14.6 Å². The molecule has 84 valence electrons. The first kappa shape index (κ1) is 10.1. The normalized spacial score (nSPS) is 18.1. The Morgan fingerprint density at radius 2 is 2.12 bits per heavy atom. The summed E-state index contributed by atoms with van der Waals surface area (Å²) < 4.78 is 7.37. The molecule has 0 aromatic carbocycles. The van der Waals surface area contributed by atoms with Gasteiger partial charge in [0, 0.05) is 36.4 Å². The van der Waals surface area contributed by atoms with Crippen LogP contribution in [0.25, 0.3) is 5.65 Å². The highest BCUT2D eigenvalue weighted by Crippen LogP contribution is 2.26. The smallest absolute Gasteiger partial charge is 0.162 e. The molecule has 0 radical (unpaired) electrons. The van der Waals surface area contributed by atoms with Crippen LogP contribution in [-0.4, -0.2) is 27.8 Å². The minimum Gasteiger partial charge on any atom is -0.381 e. The zero-order valence-electron chi connectivity index (χ0n) is 8.77. The summed E-state index contributed by atoms with van der Waals surface area (Å²) in [7, 11) is 0. The molecule has 1 aliphatic heterocycles. The van der Waals surface area contributed by atoms with E-state index in [1.807, 2.05) is 22.7 Å². The maximum absolute atomic E-state index is 5.91. The molecule has 0 bridgehead atoms. The third-order valence-electron chi connectivity index (χ3n) is 2.98. The molecular weight excluding hydrogens is 226 g/mol. The van der Waals surface area contributed by atoms with Crippen molar-refractivity contribution >= 4 is 17.2 Å². The van der Waals surface area contributed by atoms with Gasteiger partial charge in [0.1, 0.15) is 5.82 Å². The highest BCUT2D eigenvalue weighted by Gasteiger charge is 2.20. The molecule has 1 saturated heterocycles. The summed E-state index contributed by atoms with van der Waals surface area (Å²) >= 11 is 5.91. The third kappa shape index (κ3) is 1.68. The minimum absolute atomic E-state index is 0.449. The Kier molecular flexibility index (Phi) is 2.53. The summed E-state index contributed by atoms with van der Waals surface area (Å²) in [5.41, 5.74) is 0.814. The summed E-state index contributed by atoms with van der Waals surface area (Å²) in [5.74, 6) is 1.47. The second-order valence-electron chi connectivity index (χ2n) is 4.02. The van der Waals surface area contributed by atoms with Crippen LogP contribution in [0.15, 0.2) is 18.3 Å². The summed E-state index contributed by atoms with van der Waals surface area (Å²) in [6.45, 7) is 1.63. The van der Waals surface area contributed by atoms with Gasteiger partial charge in [0.15, 0.2) is 5.65 Å². The average molecular weight is 238 g/mol. The van der Waals surface area contributed by atoms with Gasteiger partial charge in [-0.15, -0.1) is 10.2 Å². The van der Waals surface area contributed by atoms with Crippen LogP contribution < -0.4 is 0 Å². The van der Waals surface area contributed by atoms with Crippen molar-refractivity contribution in [2.75, 3.05) is 13.2 Å². The van der Waals surface area contributed by atoms with Gasteiger partial charge in [-0.2, -0.15) is 0 Å². The van der Waals surface area contributed by atoms with E-state index >= 15 is 0 Å². The van der Waals surface area contributed by atoms with E-state index in [-0.39, 0.29) is 0 Å². The average Bonchev–Trinajstić information content (AvgIpc) is 2.73. The van der Waals surface area contributed by atoms with Gasteiger partial charge in [-0.1, -0.05) is 11.6 Å². The van der Waals surface area contributed by atoms with Gasteiger partial charge in [-0.3, -0.25) is 4.40 Å². The fourth-order valence-corrected chi connectivity index (χ4v) is 2.27. The standard InChI is InChI=1S/C11H12ClN3O/c12-9-1-4-15-10(7-9)13-14-11(15)8-2-5-16-6-3-8/h1,4,7-8H,2-3,5-6H2. The number of pyridine rings is 1. The number of halogens is 1. The lowest BCUT2D eigenvalue weighted by atomic mass is 10.00. The maximum atomic E-state index is 5.91. The first-order valence-electron chi connectivity index (χ1n) is 5.42. The van der Waals surface area contributed by atoms with Crippen molar-refractivity contribution in [2.45, 2.75) is 18.8 Å². The van der Waals surface area contributed by atoms with Gasteiger partial charge < -0.3 is 4.74 Å². The molecule has 0 amide bonds. The van der Waals surface area contributed by atoms with Crippen LogP contribution in [0.1, 0.15) is 24.6 Å². The summed E-state index contributed by atoms with van der Waals surface area (Å²) in [4.78, 5) is 0. The van der Waals surface area contributed by atoms with E-state index in [0.29, 0.717) is 10.9 Å². The fourth-order valence-electron chi connectivity index (χ4n) is 2.12. The quantitative estimate of drug-likeness (QED) is 0.764. The SMILES string of the molecule is Clc1ccn2c(C3CCOCC3)nnc2c1. The Balaban J connectivity index is 2.03. The Hall–Kier alpha value is -1.13. The van der Waals surface area contributed by atoms with Crippen molar-refractivity contribution in [1.29, 1.82) is 0 Å². The predicted octanol–water partition coefficient (Wildman–Crippen LogP) is 2.28. The van der Waals surface area contributed by atoms with Crippen molar-refractivity contribution in [2.24, 2.45) is 0 Å². The molecule has 2 aromatic heterocycles. The monoisotopic (exact) mass is 237 g/mol. The largest absolute Gasteiger partial charge is 0.381 e. The van der Waals surface area contributed by atoms with Crippen molar-refractivity contribution < 1.29 is 4.74 Å². The van der Waals surface area contributed by atoms with Gasteiger partial charge >= 0.3 is 0 Å². The van der Waals surface area contributed by atoms with Crippen LogP contribution in [0.3, 0.4) is 0 Å². The number of hydrogen-bond acceptors (Lipinski definition) is 3. The molecule has 16 heavy (non-hydrogen) atoms. The van der Waals surface area contributed by atoms with Crippen molar-refractivity contribution in [3.05, 3.63) is 29.2 Å². The molecular formula is C11H12ClN3O. The zero-order chi connectivity index (χ0) is 11.0. The fraction of sp³-hybridized carbons (Fsp3) is 0.455. The van der Waals surface area contributed by atoms with Gasteiger partial charge in [-0.05, 0) is 18.9 Å². The summed E-state index contributed by atoms with van der Waals surface area (Å²) in [6.07, 6.45) is 3.97. The van der Waals surface area contributed by atoms with Crippen molar-refractivity contribution in [3.63, 3.8) is 0 Å². The molecule has 2 aromatic rings. The number of rotatable bonds is 1. The van der Waals surface area contributed by atoms with Crippen LogP contribution in [0.4, 0.5) is 0 Å². The molecule has 0 spiro atoms.